The summed E-state index contributed by atoms with van der Waals surface area (Å²) in [6.07, 6.45) is 6.10. The quantitative estimate of drug-likeness (QED) is 0.364. The van der Waals surface area contributed by atoms with Gasteiger partial charge in [-0.25, -0.2) is 0 Å². The first-order chi connectivity index (χ1) is 14.8. The van der Waals surface area contributed by atoms with Crippen LogP contribution in [0, 0.1) is 23.0 Å². The molecule has 8 heteroatoms. The fourth-order valence-electron chi connectivity index (χ4n) is 3.61. The number of aryl methyl sites for hydroxylation is 1. The topological polar surface area (TPSA) is 101 Å². The van der Waals surface area contributed by atoms with E-state index < -0.39 is 10.8 Å². The van der Waals surface area contributed by atoms with Crippen LogP contribution in [0.5, 0.6) is 0 Å². The van der Waals surface area contributed by atoms with Crippen LogP contribution in [-0.2, 0) is 9.59 Å². The van der Waals surface area contributed by atoms with Gasteiger partial charge in [0.25, 0.3) is 11.6 Å². The predicted molar refractivity (Wildman–Crippen MR) is 121 cm³/mol. The van der Waals surface area contributed by atoms with Gasteiger partial charge in [-0.15, -0.1) is 0 Å². The third kappa shape index (κ3) is 6.15. The highest BCUT2D eigenvalue weighted by Gasteiger charge is 2.24. The summed E-state index contributed by atoms with van der Waals surface area (Å²) >= 11 is 5.98. The van der Waals surface area contributed by atoms with Gasteiger partial charge in [-0.2, -0.15) is 0 Å². The minimum Gasteiger partial charge on any atom is -0.321 e. The number of carbonyl (C=O) groups excluding carboxylic acids is 2. The molecular formula is C23H24ClN3O4. The summed E-state index contributed by atoms with van der Waals surface area (Å²) in [7, 11) is 0. The van der Waals surface area contributed by atoms with Gasteiger partial charge in [0.2, 0.25) is 5.91 Å². The standard InChI is InChI=1S/C23H24ClN3O4/c1-15-12-18(24)10-11-20(15)25-23(29)21(26-22(28)17-7-3-2-4-8-17)14-16-6-5-9-19(13-16)27(30)31/h5-6,9-14,17H,2-4,7-8H2,1H3,(H,25,29)(H,26,28)/b21-14-. The molecule has 31 heavy (non-hydrogen) atoms. The molecule has 2 aromatic carbocycles. The van der Waals surface area contributed by atoms with Gasteiger partial charge >= 0.3 is 0 Å². The molecule has 0 spiro atoms. The van der Waals surface area contributed by atoms with Crippen LogP contribution in [0.15, 0.2) is 48.2 Å². The lowest BCUT2D eigenvalue weighted by Crippen LogP contribution is -2.35. The van der Waals surface area contributed by atoms with Crippen LogP contribution in [0.4, 0.5) is 11.4 Å². The van der Waals surface area contributed by atoms with Gasteiger partial charge < -0.3 is 10.6 Å². The van der Waals surface area contributed by atoms with E-state index in [1.54, 1.807) is 24.3 Å². The molecule has 1 aliphatic carbocycles. The fraction of sp³-hybridized carbons (Fsp3) is 0.304. The van der Waals surface area contributed by atoms with E-state index in [9.17, 15) is 19.7 Å². The number of nitro groups is 1. The van der Waals surface area contributed by atoms with E-state index in [1.165, 1.54) is 24.3 Å². The Morgan fingerprint density at radius 2 is 1.87 bits per heavy atom. The Kier molecular flexibility index (Phi) is 7.41. The van der Waals surface area contributed by atoms with Crippen molar-refractivity contribution in [3.8, 4) is 0 Å². The van der Waals surface area contributed by atoms with Crippen LogP contribution in [0.25, 0.3) is 6.08 Å². The molecule has 3 rings (SSSR count). The van der Waals surface area contributed by atoms with Crippen LogP contribution < -0.4 is 10.6 Å². The smallest absolute Gasteiger partial charge is 0.272 e. The molecule has 0 unspecified atom stereocenters. The van der Waals surface area contributed by atoms with E-state index in [4.69, 9.17) is 11.6 Å². The number of non-ortho nitro benzene ring substituents is 1. The highest BCUT2D eigenvalue weighted by atomic mass is 35.5. The Morgan fingerprint density at radius 1 is 1.13 bits per heavy atom. The number of amides is 2. The zero-order chi connectivity index (χ0) is 22.4. The van der Waals surface area contributed by atoms with Crippen LogP contribution in [-0.4, -0.2) is 16.7 Å². The lowest BCUT2D eigenvalue weighted by Gasteiger charge is -2.21. The minimum atomic E-state index is -0.513. The molecule has 1 fully saturated rings. The molecule has 2 aromatic rings. The summed E-state index contributed by atoms with van der Waals surface area (Å²) in [5.74, 6) is -0.868. The largest absolute Gasteiger partial charge is 0.321 e. The fourth-order valence-corrected chi connectivity index (χ4v) is 3.84. The summed E-state index contributed by atoms with van der Waals surface area (Å²) in [5, 5.41) is 17.2. The van der Waals surface area contributed by atoms with Gasteiger partial charge in [-0.3, -0.25) is 19.7 Å². The third-order valence-electron chi connectivity index (χ3n) is 5.31. The van der Waals surface area contributed by atoms with E-state index in [0.29, 0.717) is 16.3 Å². The number of nitrogens with one attached hydrogen (secondary N) is 2. The van der Waals surface area contributed by atoms with E-state index >= 15 is 0 Å². The zero-order valence-electron chi connectivity index (χ0n) is 17.2. The Morgan fingerprint density at radius 3 is 2.55 bits per heavy atom. The second-order valence-electron chi connectivity index (χ2n) is 7.65. The van der Waals surface area contributed by atoms with E-state index in [1.807, 2.05) is 6.92 Å². The van der Waals surface area contributed by atoms with Crippen molar-refractivity contribution in [2.24, 2.45) is 5.92 Å². The molecule has 2 N–H and O–H groups in total. The first kappa shape index (κ1) is 22.5. The van der Waals surface area contributed by atoms with Crippen molar-refractivity contribution in [2.45, 2.75) is 39.0 Å². The Balaban J connectivity index is 1.88. The average molecular weight is 442 g/mol. The molecule has 162 valence electrons. The van der Waals surface area contributed by atoms with Gasteiger partial charge in [-0.05, 0) is 55.2 Å². The average Bonchev–Trinajstić information content (AvgIpc) is 2.76. The number of nitro benzene ring substituents is 1. The van der Waals surface area contributed by atoms with Crippen molar-refractivity contribution < 1.29 is 14.5 Å². The number of anilines is 1. The monoisotopic (exact) mass is 441 g/mol. The zero-order valence-corrected chi connectivity index (χ0v) is 17.9. The molecule has 0 aromatic heterocycles. The van der Waals surface area contributed by atoms with E-state index in [0.717, 1.165) is 37.7 Å². The Hall–Kier alpha value is -3.19. The molecule has 2 amide bonds. The van der Waals surface area contributed by atoms with Crippen LogP contribution in [0.2, 0.25) is 5.02 Å². The third-order valence-corrected chi connectivity index (χ3v) is 5.54. The van der Waals surface area contributed by atoms with Crippen molar-refractivity contribution in [2.75, 3.05) is 5.32 Å². The van der Waals surface area contributed by atoms with Gasteiger partial charge in [0.15, 0.2) is 0 Å². The van der Waals surface area contributed by atoms with Crippen LogP contribution in [0.1, 0.15) is 43.2 Å². The maximum absolute atomic E-state index is 13.0. The van der Waals surface area contributed by atoms with Gasteiger partial charge in [0.1, 0.15) is 5.70 Å². The first-order valence-electron chi connectivity index (χ1n) is 10.2. The second-order valence-corrected chi connectivity index (χ2v) is 8.08. The summed E-state index contributed by atoms with van der Waals surface area (Å²) in [6, 6.07) is 11.0. The molecular weight excluding hydrogens is 418 g/mol. The summed E-state index contributed by atoms with van der Waals surface area (Å²) in [4.78, 5) is 36.4. The van der Waals surface area contributed by atoms with E-state index in [2.05, 4.69) is 10.6 Å². The summed E-state index contributed by atoms with van der Waals surface area (Å²) < 4.78 is 0. The molecule has 7 nitrogen and oxygen atoms in total. The number of halogens is 1. The minimum absolute atomic E-state index is 0.0328. The molecule has 1 aliphatic rings. The second kappa shape index (κ2) is 10.2. The molecule has 0 heterocycles. The lowest BCUT2D eigenvalue weighted by molar-refractivity contribution is -0.384. The van der Waals surface area contributed by atoms with Crippen molar-refractivity contribution in [1.29, 1.82) is 0 Å². The predicted octanol–water partition coefficient (Wildman–Crippen LogP) is 5.23. The van der Waals surface area contributed by atoms with E-state index in [-0.39, 0.29) is 23.2 Å². The maximum Gasteiger partial charge on any atom is 0.272 e. The molecule has 0 aliphatic heterocycles. The number of hydrogen-bond donors (Lipinski definition) is 2. The van der Waals surface area contributed by atoms with Crippen molar-refractivity contribution in [3.05, 3.63) is 74.4 Å². The van der Waals surface area contributed by atoms with Crippen LogP contribution in [0.3, 0.4) is 0 Å². The molecule has 1 saturated carbocycles. The van der Waals surface area contributed by atoms with Crippen molar-refractivity contribution in [3.63, 3.8) is 0 Å². The lowest BCUT2D eigenvalue weighted by atomic mass is 9.88. The number of hydrogen-bond acceptors (Lipinski definition) is 4. The SMILES string of the molecule is Cc1cc(Cl)ccc1NC(=O)/C(=C/c1cccc([N+](=O)[O-])c1)NC(=O)C1CCCCC1. The molecule has 0 radical (unpaired) electrons. The van der Waals surface area contributed by atoms with Gasteiger partial charge in [0.05, 0.1) is 4.92 Å². The Bertz CT molecular complexity index is 1030. The number of rotatable bonds is 6. The van der Waals surface area contributed by atoms with Gasteiger partial charge in [-0.1, -0.05) is 43.0 Å². The van der Waals surface area contributed by atoms with Crippen LogP contribution >= 0.6 is 11.6 Å². The summed E-state index contributed by atoms with van der Waals surface area (Å²) in [5.41, 5.74) is 1.71. The van der Waals surface area contributed by atoms with Crippen molar-refractivity contribution >= 4 is 40.9 Å². The highest BCUT2D eigenvalue weighted by Crippen LogP contribution is 2.25. The number of carbonyl (C=O) groups is 2. The van der Waals surface area contributed by atoms with Crippen molar-refractivity contribution in [1.82, 2.24) is 5.32 Å². The normalized spacial score (nSPS) is 14.7. The molecule has 0 saturated heterocycles. The molecule has 0 atom stereocenters. The summed E-state index contributed by atoms with van der Waals surface area (Å²) in [6.45, 7) is 1.81. The number of benzene rings is 2. The highest BCUT2D eigenvalue weighted by molar-refractivity contribution is 6.30. The first-order valence-corrected chi connectivity index (χ1v) is 10.6. The number of nitrogens with zero attached hydrogens (tertiary/aromatic N) is 1. The van der Waals surface area contributed by atoms with Gasteiger partial charge in [0, 0.05) is 28.8 Å². The Labute approximate surface area is 185 Å². The molecule has 0 bridgehead atoms. The maximum atomic E-state index is 13.0.